The van der Waals surface area contributed by atoms with Crippen molar-refractivity contribution in [2.45, 2.75) is 25.8 Å². The lowest BCUT2D eigenvalue weighted by Gasteiger charge is -2.13. The first-order valence-electron chi connectivity index (χ1n) is 7.49. The quantitative estimate of drug-likeness (QED) is 0.776. The average Bonchev–Trinajstić information content (AvgIpc) is 2.74. The predicted octanol–water partition coefficient (Wildman–Crippen LogP) is 3.60. The summed E-state index contributed by atoms with van der Waals surface area (Å²) in [5.74, 6) is 0. The Kier molecular flexibility index (Phi) is 3.80. The number of nitrogens with zero attached hydrogens (tertiary/aromatic N) is 1. The van der Waals surface area contributed by atoms with Gasteiger partial charge in [-0.1, -0.05) is 48.5 Å². The summed E-state index contributed by atoms with van der Waals surface area (Å²) in [6, 6.07) is 19.2. The summed E-state index contributed by atoms with van der Waals surface area (Å²) >= 11 is 0. The van der Waals surface area contributed by atoms with Gasteiger partial charge in [0, 0.05) is 36.1 Å². The molecule has 0 spiro atoms. The van der Waals surface area contributed by atoms with Crippen LogP contribution >= 0.6 is 0 Å². The second-order valence-electron chi connectivity index (χ2n) is 5.80. The van der Waals surface area contributed by atoms with Gasteiger partial charge in [0.1, 0.15) is 0 Å². The highest BCUT2D eigenvalue weighted by molar-refractivity contribution is 5.85. The maximum absolute atomic E-state index is 6.38. The zero-order valence-corrected chi connectivity index (χ0v) is 12.7. The lowest BCUT2D eigenvalue weighted by molar-refractivity contribution is 0.636. The summed E-state index contributed by atoms with van der Waals surface area (Å²) in [6.45, 7) is 2.20. The van der Waals surface area contributed by atoms with Crippen LogP contribution in [0.2, 0.25) is 0 Å². The summed E-state index contributed by atoms with van der Waals surface area (Å²) < 4.78 is 2.29. The van der Waals surface area contributed by atoms with E-state index < -0.39 is 0 Å². The maximum Gasteiger partial charge on any atom is 0.0482 e. The SMILES string of the molecule is Cc1c(CC(N)Cc2ccccc2)n(C)c2ccccc12. The van der Waals surface area contributed by atoms with E-state index in [9.17, 15) is 0 Å². The fourth-order valence-electron chi connectivity index (χ4n) is 3.16. The van der Waals surface area contributed by atoms with Crippen molar-refractivity contribution >= 4 is 10.9 Å². The van der Waals surface area contributed by atoms with Crippen LogP contribution in [0.4, 0.5) is 0 Å². The number of benzene rings is 2. The molecule has 21 heavy (non-hydrogen) atoms. The van der Waals surface area contributed by atoms with E-state index in [0.29, 0.717) is 0 Å². The Morgan fingerprint density at radius 1 is 0.952 bits per heavy atom. The topological polar surface area (TPSA) is 30.9 Å². The van der Waals surface area contributed by atoms with Gasteiger partial charge in [-0.3, -0.25) is 0 Å². The monoisotopic (exact) mass is 278 g/mol. The molecule has 2 nitrogen and oxygen atoms in total. The van der Waals surface area contributed by atoms with Crippen LogP contribution < -0.4 is 5.73 Å². The minimum Gasteiger partial charge on any atom is -0.347 e. The van der Waals surface area contributed by atoms with Gasteiger partial charge in [0.2, 0.25) is 0 Å². The molecule has 0 aliphatic rings. The average molecular weight is 278 g/mol. The molecule has 2 N–H and O–H groups in total. The first-order valence-corrected chi connectivity index (χ1v) is 7.49. The van der Waals surface area contributed by atoms with E-state index in [1.54, 1.807) is 0 Å². The summed E-state index contributed by atoms with van der Waals surface area (Å²) in [5, 5.41) is 1.34. The van der Waals surface area contributed by atoms with E-state index in [2.05, 4.69) is 67.1 Å². The molecule has 1 atom stereocenters. The van der Waals surface area contributed by atoms with Crippen LogP contribution in [0.25, 0.3) is 10.9 Å². The molecule has 3 aromatic rings. The van der Waals surface area contributed by atoms with Gasteiger partial charge in [0.05, 0.1) is 0 Å². The van der Waals surface area contributed by atoms with Gasteiger partial charge in [-0.2, -0.15) is 0 Å². The van der Waals surface area contributed by atoms with Crippen molar-refractivity contribution in [1.82, 2.24) is 4.57 Å². The third kappa shape index (κ3) is 2.72. The van der Waals surface area contributed by atoms with Gasteiger partial charge in [0.25, 0.3) is 0 Å². The minimum atomic E-state index is 0.147. The highest BCUT2D eigenvalue weighted by Gasteiger charge is 2.14. The Balaban J connectivity index is 1.85. The Morgan fingerprint density at radius 3 is 2.33 bits per heavy atom. The number of aromatic nitrogens is 1. The number of nitrogens with two attached hydrogens (primary N) is 1. The molecule has 2 aromatic carbocycles. The molecule has 3 rings (SSSR count). The molecule has 0 aliphatic carbocycles. The molecule has 0 amide bonds. The Hall–Kier alpha value is -2.06. The van der Waals surface area contributed by atoms with E-state index in [0.717, 1.165) is 12.8 Å². The smallest absolute Gasteiger partial charge is 0.0482 e. The molecule has 0 fully saturated rings. The highest BCUT2D eigenvalue weighted by Crippen LogP contribution is 2.25. The lowest BCUT2D eigenvalue weighted by Crippen LogP contribution is -2.26. The van der Waals surface area contributed by atoms with Crippen molar-refractivity contribution in [3.8, 4) is 0 Å². The molecule has 0 saturated carbocycles. The van der Waals surface area contributed by atoms with Gasteiger partial charge < -0.3 is 10.3 Å². The maximum atomic E-state index is 6.38. The number of rotatable bonds is 4. The molecule has 1 unspecified atom stereocenters. The molecule has 1 heterocycles. The molecule has 0 bridgehead atoms. The molecule has 0 saturated heterocycles. The molecular formula is C19H22N2. The standard InChI is InChI=1S/C19H22N2/c1-14-17-10-6-7-11-18(17)21(2)19(14)13-16(20)12-15-8-4-3-5-9-15/h3-11,16H,12-13,20H2,1-2H3. The zero-order valence-electron chi connectivity index (χ0n) is 12.7. The van der Waals surface area contributed by atoms with Crippen LogP contribution in [0, 0.1) is 6.92 Å². The Morgan fingerprint density at radius 2 is 1.62 bits per heavy atom. The molecule has 108 valence electrons. The van der Waals surface area contributed by atoms with Crippen LogP contribution in [0.15, 0.2) is 54.6 Å². The van der Waals surface area contributed by atoms with Gasteiger partial charge in [0.15, 0.2) is 0 Å². The molecule has 1 aromatic heterocycles. The molecule has 0 radical (unpaired) electrons. The fraction of sp³-hybridized carbons (Fsp3) is 0.263. The molecule has 2 heteroatoms. The van der Waals surface area contributed by atoms with Gasteiger partial charge in [-0.25, -0.2) is 0 Å². The Bertz CT molecular complexity index is 702. The normalized spacial score (nSPS) is 12.7. The number of hydrogen-bond donors (Lipinski definition) is 1. The summed E-state index contributed by atoms with van der Waals surface area (Å²) in [6.07, 6.45) is 1.83. The van der Waals surface area contributed by atoms with E-state index in [1.807, 2.05) is 6.07 Å². The van der Waals surface area contributed by atoms with Crippen LogP contribution in [-0.4, -0.2) is 10.6 Å². The summed E-state index contributed by atoms with van der Waals surface area (Å²) in [4.78, 5) is 0. The van der Waals surface area contributed by atoms with E-state index >= 15 is 0 Å². The van der Waals surface area contributed by atoms with Crippen molar-refractivity contribution in [1.29, 1.82) is 0 Å². The number of hydrogen-bond acceptors (Lipinski definition) is 1. The first kappa shape index (κ1) is 13.9. The second kappa shape index (κ2) is 5.74. The lowest BCUT2D eigenvalue weighted by atomic mass is 10.0. The summed E-state index contributed by atoms with van der Waals surface area (Å²) in [7, 11) is 2.14. The summed E-state index contributed by atoms with van der Waals surface area (Å²) in [5.41, 5.74) is 11.7. The van der Waals surface area contributed by atoms with E-state index in [1.165, 1.54) is 27.7 Å². The van der Waals surface area contributed by atoms with Crippen molar-refractivity contribution < 1.29 is 0 Å². The van der Waals surface area contributed by atoms with Crippen molar-refractivity contribution in [3.05, 3.63) is 71.4 Å². The number of para-hydroxylation sites is 1. The Labute approximate surface area is 126 Å². The predicted molar refractivity (Wildman–Crippen MR) is 89.5 cm³/mol. The number of fused-ring (bicyclic) bond motifs is 1. The van der Waals surface area contributed by atoms with Crippen LogP contribution in [0.5, 0.6) is 0 Å². The fourth-order valence-corrected chi connectivity index (χ4v) is 3.16. The van der Waals surface area contributed by atoms with Crippen LogP contribution in [-0.2, 0) is 19.9 Å². The first-order chi connectivity index (χ1) is 10.2. The van der Waals surface area contributed by atoms with Gasteiger partial charge in [-0.15, -0.1) is 0 Å². The molecular weight excluding hydrogens is 256 g/mol. The van der Waals surface area contributed by atoms with E-state index in [-0.39, 0.29) is 6.04 Å². The molecule has 0 aliphatic heterocycles. The highest BCUT2D eigenvalue weighted by atomic mass is 15.0. The van der Waals surface area contributed by atoms with Crippen LogP contribution in [0.1, 0.15) is 16.8 Å². The minimum absolute atomic E-state index is 0.147. The van der Waals surface area contributed by atoms with Gasteiger partial charge >= 0.3 is 0 Å². The van der Waals surface area contributed by atoms with Crippen LogP contribution in [0.3, 0.4) is 0 Å². The zero-order chi connectivity index (χ0) is 14.8. The second-order valence-corrected chi connectivity index (χ2v) is 5.80. The van der Waals surface area contributed by atoms with Gasteiger partial charge in [-0.05, 0) is 30.5 Å². The number of aryl methyl sites for hydroxylation is 2. The van der Waals surface area contributed by atoms with Crippen molar-refractivity contribution in [2.75, 3.05) is 0 Å². The van der Waals surface area contributed by atoms with Crippen molar-refractivity contribution in [2.24, 2.45) is 12.8 Å². The van der Waals surface area contributed by atoms with Crippen molar-refractivity contribution in [3.63, 3.8) is 0 Å². The largest absolute Gasteiger partial charge is 0.347 e. The third-order valence-corrected chi connectivity index (χ3v) is 4.30. The third-order valence-electron chi connectivity index (χ3n) is 4.30. The van der Waals surface area contributed by atoms with E-state index in [4.69, 9.17) is 5.73 Å².